The van der Waals surface area contributed by atoms with Gasteiger partial charge in [-0.15, -0.1) is 0 Å². The topological polar surface area (TPSA) is 38.3 Å². The highest BCUT2D eigenvalue weighted by Crippen LogP contribution is 2.16. The molecule has 0 aliphatic rings. The maximum Gasteiger partial charge on any atom is 0.407 e. The molecule has 3 nitrogen and oxygen atoms in total. The van der Waals surface area contributed by atoms with Gasteiger partial charge < -0.3 is 10.1 Å². The summed E-state index contributed by atoms with van der Waals surface area (Å²) in [4.78, 5) is 11.4. The molecule has 1 atom stereocenters. The number of carbonyl (C=O) groups excluding carboxylic acids is 1. The summed E-state index contributed by atoms with van der Waals surface area (Å²) >= 11 is 0. The monoisotopic (exact) mass is 221 g/mol. The Balaban J connectivity index is 2.62. The molecular formula is C13H19NO2. The van der Waals surface area contributed by atoms with Gasteiger partial charge in [-0.2, -0.15) is 0 Å². The van der Waals surface area contributed by atoms with Crippen molar-refractivity contribution in [3.63, 3.8) is 0 Å². The smallest absolute Gasteiger partial charge is 0.407 e. The summed E-state index contributed by atoms with van der Waals surface area (Å²) in [6.07, 6.45) is -0.463. The lowest BCUT2D eigenvalue weighted by molar-refractivity contribution is 0.113. The molecule has 0 saturated carbocycles. The van der Waals surface area contributed by atoms with Crippen LogP contribution in [0.4, 0.5) is 4.79 Å². The summed E-state index contributed by atoms with van der Waals surface area (Å²) in [5.41, 5.74) is 2.28. The van der Waals surface area contributed by atoms with Crippen molar-refractivity contribution in [3.8, 4) is 0 Å². The Hall–Kier alpha value is -1.51. The molecule has 1 rings (SSSR count). The zero-order valence-electron chi connectivity index (χ0n) is 10.3. The van der Waals surface area contributed by atoms with Crippen molar-refractivity contribution < 1.29 is 9.53 Å². The third-order valence-corrected chi connectivity index (χ3v) is 2.33. The highest BCUT2D eigenvalue weighted by molar-refractivity contribution is 5.68. The molecule has 0 fully saturated rings. The van der Waals surface area contributed by atoms with Gasteiger partial charge in [0.05, 0.1) is 12.1 Å². The van der Waals surface area contributed by atoms with Crippen molar-refractivity contribution in [2.45, 2.75) is 39.8 Å². The first kappa shape index (κ1) is 12.6. The van der Waals surface area contributed by atoms with Gasteiger partial charge in [-0.1, -0.05) is 24.3 Å². The van der Waals surface area contributed by atoms with Crippen molar-refractivity contribution in [1.82, 2.24) is 5.32 Å². The highest BCUT2D eigenvalue weighted by atomic mass is 16.6. The van der Waals surface area contributed by atoms with Gasteiger partial charge in [0.25, 0.3) is 0 Å². The first-order valence-electron chi connectivity index (χ1n) is 5.53. The van der Waals surface area contributed by atoms with E-state index in [0.29, 0.717) is 0 Å². The van der Waals surface area contributed by atoms with E-state index < -0.39 is 0 Å². The number of aryl methyl sites for hydroxylation is 1. The van der Waals surface area contributed by atoms with E-state index in [1.165, 1.54) is 5.56 Å². The molecule has 3 heteroatoms. The Bertz CT molecular complexity index is 361. The summed E-state index contributed by atoms with van der Waals surface area (Å²) in [6, 6.07) is 7.95. The molecule has 0 radical (unpaired) electrons. The van der Waals surface area contributed by atoms with Crippen LogP contribution >= 0.6 is 0 Å². The number of amides is 1. The van der Waals surface area contributed by atoms with Crippen molar-refractivity contribution in [2.75, 3.05) is 0 Å². The van der Waals surface area contributed by atoms with Gasteiger partial charge in [-0.25, -0.2) is 4.79 Å². The van der Waals surface area contributed by atoms with E-state index in [1.54, 1.807) is 0 Å². The maximum atomic E-state index is 11.4. The Labute approximate surface area is 96.8 Å². The summed E-state index contributed by atoms with van der Waals surface area (Å²) in [5, 5.41) is 2.81. The number of hydrogen-bond acceptors (Lipinski definition) is 2. The molecule has 1 N–H and O–H groups in total. The van der Waals surface area contributed by atoms with Gasteiger partial charge in [0.15, 0.2) is 0 Å². The fourth-order valence-electron chi connectivity index (χ4n) is 1.58. The second-order valence-corrected chi connectivity index (χ2v) is 4.18. The number of ether oxygens (including phenoxy) is 1. The van der Waals surface area contributed by atoms with Gasteiger partial charge in [0.2, 0.25) is 0 Å². The van der Waals surface area contributed by atoms with Gasteiger partial charge in [0.1, 0.15) is 0 Å². The summed E-state index contributed by atoms with van der Waals surface area (Å²) < 4.78 is 5.03. The Morgan fingerprint density at radius 3 is 2.44 bits per heavy atom. The van der Waals surface area contributed by atoms with Gasteiger partial charge in [-0.05, 0) is 38.8 Å². The maximum absolute atomic E-state index is 11.4. The SMILES string of the molecule is Cc1ccccc1C(C)NC(=O)OC(C)C. The lowest BCUT2D eigenvalue weighted by Crippen LogP contribution is -2.29. The molecule has 16 heavy (non-hydrogen) atoms. The number of alkyl carbamates (subject to hydrolysis) is 1. The van der Waals surface area contributed by atoms with Crippen LogP contribution in [-0.4, -0.2) is 12.2 Å². The van der Waals surface area contributed by atoms with E-state index in [-0.39, 0.29) is 18.2 Å². The summed E-state index contributed by atoms with van der Waals surface area (Å²) in [5.74, 6) is 0. The number of benzene rings is 1. The average molecular weight is 221 g/mol. The molecule has 0 bridgehead atoms. The fourth-order valence-corrected chi connectivity index (χ4v) is 1.58. The van der Waals surface area contributed by atoms with Crippen LogP contribution in [0.2, 0.25) is 0 Å². The minimum atomic E-state index is -0.370. The van der Waals surface area contributed by atoms with E-state index in [0.717, 1.165) is 5.56 Å². The molecule has 88 valence electrons. The van der Waals surface area contributed by atoms with Crippen LogP contribution in [0, 0.1) is 6.92 Å². The molecular weight excluding hydrogens is 202 g/mol. The van der Waals surface area contributed by atoms with E-state index in [1.807, 2.05) is 52.0 Å². The molecule has 0 saturated heterocycles. The van der Waals surface area contributed by atoms with Crippen molar-refractivity contribution in [3.05, 3.63) is 35.4 Å². The van der Waals surface area contributed by atoms with Crippen LogP contribution in [0.3, 0.4) is 0 Å². The minimum Gasteiger partial charge on any atom is -0.447 e. The molecule has 0 aliphatic carbocycles. The molecule has 1 amide bonds. The average Bonchev–Trinajstić information content (AvgIpc) is 2.16. The van der Waals surface area contributed by atoms with E-state index in [4.69, 9.17) is 4.74 Å². The second kappa shape index (κ2) is 5.54. The van der Waals surface area contributed by atoms with Crippen molar-refractivity contribution in [2.24, 2.45) is 0 Å². The molecule has 0 aromatic heterocycles. The fraction of sp³-hybridized carbons (Fsp3) is 0.462. The normalized spacial score (nSPS) is 12.3. The molecule has 1 aromatic carbocycles. The molecule has 1 aromatic rings. The Kier molecular flexibility index (Phi) is 4.35. The van der Waals surface area contributed by atoms with Crippen molar-refractivity contribution >= 4 is 6.09 Å². The van der Waals surface area contributed by atoms with Crippen LogP contribution in [0.15, 0.2) is 24.3 Å². The van der Waals surface area contributed by atoms with Gasteiger partial charge in [0, 0.05) is 0 Å². The molecule has 0 heterocycles. The van der Waals surface area contributed by atoms with E-state index >= 15 is 0 Å². The quantitative estimate of drug-likeness (QED) is 0.851. The number of rotatable bonds is 3. The molecule has 1 unspecified atom stereocenters. The predicted octanol–water partition coefficient (Wildman–Crippen LogP) is 3.19. The molecule has 0 aliphatic heterocycles. The number of nitrogens with one attached hydrogen (secondary N) is 1. The van der Waals surface area contributed by atoms with E-state index in [2.05, 4.69) is 5.32 Å². The highest BCUT2D eigenvalue weighted by Gasteiger charge is 2.12. The van der Waals surface area contributed by atoms with Crippen LogP contribution in [-0.2, 0) is 4.74 Å². The van der Waals surface area contributed by atoms with Crippen molar-refractivity contribution in [1.29, 1.82) is 0 Å². The zero-order chi connectivity index (χ0) is 12.1. The largest absolute Gasteiger partial charge is 0.447 e. The van der Waals surface area contributed by atoms with Crippen LogP contribution in [0.25, 0.3) is 0 Å². The lowest BCUT2D eigenvalue weighted by atomic mass is 10.0. The standard InChI is InChI=1S/C13H19NO2/c1-9(2)16-13(15)14-11(4)12-8-6-5-7-10(12)3/h5-9,11H,1-4H3,(H,14,15). The number of carbonyl (C=O) groups is 1. The number of hydrogen-bond donors (Lipinski definition) is 1. The predicted molar refractivity (Wildman–Crippen MR) is 64.3 cm³/mol. The van der Waals surface area contributed by atoms with Crippen LogP contribution in [0.5, 0.6) is 0 Å². The Morgan fingerprint density at radius 1 is 1.25 bits per heavy atom. The summed E-state index contributed by atoms with van der Waals surface area (Å²) in [6.45, 7) is 7.64. The van der Waals surface area contributed by atoms with Gasteiger partial charge >= 0.3 is 6.09 Å². The zero-order valence-corrected chi connectivity index (χ0v) is 10.3. The van der Waals surface area contributed by atoms with Crippen LogP contribution < -0.4 is 5.32 Å². The second-order valence-electron chi connectivity index (χ2n) is 4.18. The van der Waals surface area contributed by atoms with Gasteiger partial charge in [-0.3, -0.25) is 0 Å². The first-order chi connectivity index (χ1) is 7.50. The third kappa shape index (κ3) is 3.57. The lowest BCUT2D eigenvalue weighted by Gasteiger charge is -2.17. The first-order valence-corrected chi connectivity index (χ1v) is 5.53. The minimum absolute atomic E-state index is 0.0348. The summed E-state index contributed by atoms with van der Waals surface area (Å²) in [7, 11) is 0. The van der Waals surface area contributed by atoms with E-state index in [9.17, 15) is 4.79 Å². The third-order valence-electron chi connectivity index (χ3n) is 2.33. The van der Waals surface area contributed by atoms with Crippen LogP contribution in [0.1, 0.15) is 37.9 Å². The Morgan fingerprint density at radius 2 is 1.88 bits per heavy atom. The molecule has 0 spiro atoms.